The fourth-order valence-corrected chi connectivity index (χ4v) is 2.84. The molecule has 0 aliphatic carbocycles. The van der Waals surface area contributed by atoms with Crippen molar-refractivity contribution in [1.29, 1.82) is 0 Å². The lowest BCUT2D eigenvalue weighted by atomic mass is 10.1. The minimum atomic E-state index is -0.829. The zero-order valence-corrected chi connectivity index (χ0v) is 11.7. The zero-order chi connectivity index (χ0) is 14.8. The van der Waals surface area contributed by atoms with Gasteiger partial charge in [-0.1, -0.05) is 18.2 Å². The van der Waals surface area contributed by atoms with Gasteiger partial charge in [0.05, 0.1) is 6.54 Å². The van der Waals surface area contributed by atoms with Gasteiger partial charge in [0.1, 0.15) is 5.75 Å². The van der Waals surface area contributed by atoms with E-state index in [0.29, 0.717) is 32.6 Å². The summed E-state index contributed by atoms with van der Waals surface area (Å²) in [4.78, 5) is 26.8. The second-order valence-corrected chi connectivity index (χ2v) is 5.41. The number of nitrogens with zero attached hydrogens (tertiary/aromatic N) is 2. The maximum Gasteiger partial charge on any atom is 0.317 e. The minimum Gasteiger partial charge on any atom is -0.480 e. The third kappa shape index (κ3) is 3.00. The third-order valence-electron chi connectivity index (χ3n) is 3.97. The molecule has 0 aromatic heterocycles. The van der Waals surface area contributed by atoms with Crippen LogP contribution in [0.5, 0.6) is 5.75 Å². The molecule has 6 nitrogen and oxygen atoms in total. The Labute approximate surface area is 122 Å². The Morgan fingerprint density at radius 3 is 2.57 bits per heavy atom. The van der Waals surface area contributed by atoms with Crippen LogP contribution in [0, 0.1) is 0 Å². The number of hydrogen-bond donors (Lipinski definition) is 1. The Morgan fingerprint density at radius 1 is 1.19 bits per heavy atom. The molecule has 6 heteroatoms. The molecule has 1 aromatic rings. The molecule has 0 radical (unpaired) electrons. The molecule has 0 bridgehead atoms. The van der Waals surface area contributed by atoms with Crippen molar-refractivity contribution in [2.75, 3.05) is 32.7 Å². The molecule has 0 spiro atoms. The number of carbonyl (C=O) groups is 2. The summed E-state index contributed by atoms with van der Waals surface area (Å²) >= 11 is 0. The second kappa shape index (κ2) is 5.73. The van der Waals surface area contributed by atoms with Crippen molar-refractivity contribution >= 4 is 11.9 Å². The van der Waals surface area contributed by atoms with E-state index in [1.54, 1.807) is 4.90 Å². The summed E-state index contributed by atoms with van der Waals surface area (Å²) in [5.41, 5.74) is 1.07. The molecule has 112 valence electrons. The number of ether oxygens (including phenoxy) is 1. The van der Waals surface area contributed by atoms with E-state index in [-0.39, 0.29) is 12.5 Å². The van der Waals surface area contributed by atoms with Crippen molar-refractivity contribution in [3.05, 3.63) is 29.8 Å². The maximum absolute atomic E-state index is 12.5. The third-order valence-corrected chi connectivity index (χ3v) is 3.97. The average Bonchev–Trinajstić information content (AvgIpc) is 2.90. The van der Waals surface area contributed by atoms with E-state index in [4.69, 9.17) is 9.84 Å². The maximum atomic E-state index is 12.5. The SMILES string of the molecule is O=C(O)CN1CCN(C(=O)C2Cc3ccccc3O2)CC1. The largest absolute Gasteiger partial charge is 0.480 e. The van der Waals surface area contributed by atoms with E-state index in [1.165, 1.54) is 0 Å². The lowest BCUT2D eigenvalue weighted by Gasteiger charge is -2.34. The van der Waals surface area contributed by atoms with Gasteiger partial charge in [-0.25, -0.2) is 0 Å². The van der Waals surface area contributed by atoms with Gasteiger partial charge in [-0.3, -0.25) is 14.5 Å². The number of rotatable bonds is 3. The van der Waals surface area contributed by atoms with E-state index >= 15 is 0 Å². The molecule has 2 heterocycles. The van der Waals surface area contributed by atoms with Crippen LogP contribution in [0.1, 0.15) is 5.56 Å². The number of carbonyl (C=O) groups excluding carboxylic acids is 1. The van der Waals surface area contributed by atoms with Crippen molar-refractivity contribution in [1.82, 2.24) is 9.80 Å². The number of para-hydroxylation sites is 1. The van der Waals surface area contributed by atoms with Crippen LogP contribution >= 0.6 is 0 Å². The molecule has 1 unspecified atom stereocenters. The molecule has 1 amide bonds. The lowest BCUT2D eigenvalue weighted by molar-refractivity contribution is -0.141. The van der Waals surface area contributed by atoms with Gasteiger partial charge >= 0.3 is 5.97 Å². The molecule has 3 rings (SSSR count). The predicted molar refractivity (Wildman–Crippen MR) is 75.2 cm³/mol. The molecule has 2 aliphatic rings. The van der Waals surface area contributed by atoms with Crippen molar-refractivity contribution in [2.24, 2.45) is 0 Å². The highest BCUT2D eigenvalue weighted by Gasteiger charge is 2.33. The average molecular weight is 290 g/mol. The van der Waals surface area contributed by atoms with Gasteiger partial charge < -0.3 is 14.7 Å². The first-order chi connectivity index (χ1) is 10.1. The van der Waals surface area contributed by atoms with Crippen molar-refractivity contribution in [3.63, 3.8) is 0 Å². The molecule has 1 fully saturated rings. The molecule has 1 atom stereocenters. The van der Waals surface area contributed by atoms with Crippen LogP contribution in [0.4, 0.5) is 0 Å². The molecule has 21 heavy (non-hydrogen) atoms. The van der Waals surface area contributed by atoms with Gasteiger partial charge in [0.2, 0.25) is 0 Å². The number of hydrogen-bond acceptors (Lipinski definition) is 4. The van der Waals surface area contributed by atoms with Gasteiger partial charge in [-0.2, -0.15) is 0 Å². The van der Waals surface area contributed by atoms with E-state index < -0.39 is 12.1 Å². The van der Waals surface area contributed by atoms with E-state index in [1.807, 2.05) is 29.2 Å². The van der Waals surface area contributed by atoms with Gasteiger partial charge in [0, 0.05) is 32.6 Å². The number of fused-ring (bicyclic) bond motifs is 1. The summed E-state index contributed by atoms with van der Waals surface area (Å²) in [5, 5.41) is 8.77. The van der Waals surface area contributed by atoms with Crippen molar-refractivity contribution in [3.8, 4) is 5.75 Å². The molecular weight excluding hydrogens is 272 g/mol. The molecule has 1 saturated heterocycles. The molecular formula is C15H18N2O4. The van der Waals surface area contributed by atoms with Crippen LogP contribution in [-0.4, -0.2) is 65.6 Å². The number of benzene rings is 1. The summed E-state index contributed by atoms with van der Waals surface area (Å²) in [5.74, 6) is -0.0362. The summed E-state index contributed by atoms with van der Waals surface area (Å²) < 4.78 is 5.71. The Morgan fingerprint density at radius 2 is 1.90 bits per heavy atom. The molecule has 1 N–H and O–H groups in total. The Kier molecular flexibility index (Phi) is 3.79. The van der Waals surface area contributed by atoms with Crippen LogP contribution < -0.4 is 4.74 Å². The normalized spacial score (nSPS) is 21.7. The number of carboxylic acids is 1. The van der Waals surface area contributed by atoms with E-state index in [2.05, 4.69) is 0 Å². The lowest BCUT2D eigenvalue weighted by Crippen LogP contribution is -2.53. The van der Waals surface area contributed by atoms with Gasteiger partial charge in [-0.15, -0.1) is 0 Å². The first kappa shape index (κ1) is 13.9. The highest BCUT2D eigenvalue weighted by molar-refractivity contribution is 5.82. The summed E-state index contributed by atoms with van der Waals surface area (Å²) in [7, 11) is 0. The summed E-state index contributed by atoms with van der Waals surface area (Å²) in [6, 6.07) is 7.71. The minimum absolute atomic E-state index is 0.00109. The van der Waals surface area contributed by atoms with E-state index in [0.717, 1.165) is 11.3 Å². The van der Waals surface area contributed by atoms with Gasteiger partial charge in [0.15, 0.2) is 6.10 Å². The standard InChI is InChI=1S/C15H18N2O4/c18-14(19)10-16-5-7-17(8-6-16)15(20)13-9-11-3-1-2-4-12(11)21-13/h1-4,13H,5-10H2,(H,18,19). The van der Waals surface area contributed by atoms with Crippen LogP contribution in [0.3, 0.4) is 0 Å². The van der Waals surface area contributed by atoms with Crippen molar-refractivity contribution in [2.45, 2.75) is 12.5 Å². The summed E-state index contributed by atoms with van der Waals surface area (Å²) in [6.07, 6.45) is 0.179. The molecule has 0 saturated carbocycles. The van der Waals surface area contributed by atoms with Crippen LogP contribution in [-0.2, 0) is 16.0 Å². The fourth-order valence-electron chi connectivity index (χ4n) is 2.84. The van der Waals surface area contributed by atoms with Gasteiger partial charge in [-0.05, 0) is 11.6 Å². The van der Waals surface area contributed by atoms with Crippen LogP contribution in [0.25, 0.3) is 0 Å². The molecule has 2 aliphatic heterocycles. The van der Waals surface area contributed by atoms with Gasteiger partial charge in [0.25, 0.3) is 5.91 Å². The van der Waals surface area contributed by atoms with Crippen LogP contribution in [0.15, 0.2) is 24.3 Å². The van der Waals surface area contributed by atoms with Crippen LogP contribution in [0.2, 0.25) is 0 Å². The fraction of sp³-hybridized carbons (Fsp3) is 0.467. The van der Waals surface area contributed by atoms with E-state index in [9.17, 15) is 9.59 Å². The Balaban J connectivity index is 1.55. The Bertz CT molecular complexity index is 527. The topological polar surface area (TPSA) is 70.1 Å². The molecule has 1 aromatic carbocycles. The number of aliphatic carboxylic acids is 1. The zero-order valence-electron chi connectivity index (χ0n) is 11.7. The monoisotopic (exact) mass is 290 g/mol. The smallest absolute Gasteiger partial charge is 0.317 e. The number of amides is 1. The summed E-state index contributed by atoms with van der Waals surface area (Å²) in [6.45, 7) is 2.34. The highest BCUT2D eigenvalue weighted by Crippen LogP contribution is 2.29. The Hall–Kier alpha value is -2.08. The number of piperazine rings is 1. The quantitative estimate of drug-likeness (QED) is 0.862. The second-order valence-electron chi connectivity index (χ2n) is 5.41. The predicted octanol–water partition coefficient (Wildman–Crippen LogP) is 0.219. The first-order valence-corrected chi connectivity index (χ1v) is 7.11. The first-order valence-electron chi connectivity index (χ1n) is 7.11. The van der Waals surface area contributed by atoms with Crippen molar-refractivity contribution < 1.29 is 19.4 Å². The number of carboxylic acid groups (broad SMARTS) is 1. The highest BCUT2D eigenvalue weighted by atomic mass is 16.5.